The van der Waals surface area contributed by atoms with Gasteiger partial charge in [0.25, 0.3) is 0 Å². The topological polar surface area (TPSA) is 47.8 Å². The fraction of sp³-hybridized carbons (Fsp3) is 0.176. The van der Waals surface area contributed by atoms with Crippen LogP contribution in [-0.4, -0.2) is 22.8 Å². The molecule has 2 aromatic heterocycles. The predicted octanol–water partition coefficient (Wildman–Crippen LogP) is 3.47. The van der Waals surface area contributed by atoms with Crippen LogP contribution in [0.3, 0.4) is 0 Å². The van der Waals surface area contributed by atoms with Crippen LogP contribution in [-0.2, 0) is 4.74 Å². The molecule has 2 heterocycles. The maximum Gasteiger partial charge on any atom is 0.355 e. The predicted molar refractivity (Wildman–Crippen MR) is 80.9 cm³/mol. The second-order valence-corrected chi connectivity index (χ2v) is 4.84. The first-order valence-corrected chi connectivity index (χ1v) is 6.84. The molecule has 0 atom stereocenters. The molecule has 0 amide bonds. The van der Waals surface area contributed by atoms with Crippen LogP contribution < -0.4 is 0 Å². The van der Waals surface area contributed by atoms with Crippen molar-refractivity contribution in [2.24, 2.45) is 0 Å². The average Bonchev–Trinajstić information content (AvgIpc) is 2.87. The number of fused-ring (bicyclic) bond motifs is 3. The van der Waals surface area contributed by atoms with Crippen LogP contribution in [0.25, 0.3) is 16.3 Å². The summed E-state index contributed by atoms with van der Waals surface area (Å²) < 4.78 is 6.80. The lowest BCUT2D eigenvalue weighted by atomic mass is 10.1. The summed E-state index contributed by atoms with van der Waals surface area (Å²) in [4.78, 5) is 24.0. The average molecular weight is 281 g/mol. The Morgan fingerprint density at radius 1 is 1.19 bits per heavy atom. The standard InChI is InChI=1S/C17H15NO3/c1-3-21-17(20)15-10-14(11(2)19)16-13-7-5-4-6-12(13)8-9-18(15)16/h4-10H,3H2,1-2H3. The van der Waals surface area contributed by atoms with Crippen molar-refractivity contribution in [3.05, 3.63) is 53.9 Å². The van der Waals surface area contributed by atoms with Gasteiger partial charge in [0.2, 0.25) is 0 Å². The number of ketones is 1. The molecule has 0 aliphatic carbocycles. The van der Waals surface area contributed by atoms with Crippen LogP contribution in [0, 0.1) is 0 Å². The molecule has 0 saturated carbocycles. The minimum Gasteiger partial charge on any atom is -0.461 e. The zero-order chi connectivity index (χ0) is 15.0. The lowest BCUT2D eigenvalue weighted by Crippen LogP contribution is -2.07. The van der Waals surface area contributed by atoms with E-state index in [9.17, 15) is 9.59 Å². The summed E-state index contributed by atoms with van der Waals surface area (Å²) in [5.41, 5.74) is 1.67. The van der Waals surface area contributed by atoms with Crippen molar-refractivity contribution >= 4 is 28.0 Å². The van der Waals surface area contributed by atoms with Crippen molar-refractivity contribution in [3.8, 4) is 0 Å². The summed E-state index contributed by atoms with van der Waals surface area (Å²) in [6.07, 6.45) is 1.80. The zero-order valence-corrected chi connectivity index (χ0v) is 11.9. The van der Waals surface area contributed by atoms with Crippen molar-refractivity contribution in [2.75, 3.05) is 6.61 Å². The van der Waals surface area contributed by atoms with Gasteiger partial charge in [0.15, 0.2) is 5.78 Å². The van der Waals surface area contributed by atoms with Gasteiger partial charge in [-0.3, -0.25) is 4.79 Å². The third-order valence-corrected chi connectivity index (χ3v) is 3.52. The molecule has 0 aliphatic rings. The first kappa shape index (κ1) is 13.4. The summed E-state index contributed by atoms with van der Waals surface area (Å²) in [5, 5.41) is 1.97. The van der Waals surface area contributed by atoms with E-state index >= 15 is 0 Å². The summed E-state index contributed by atoms with van der Waals surface area (Å²) in [5.74, 6) is -0.491. The number of carbonyl (C=O) groups is 2. The number of pyridine rings is 1. The van der Waals surface area contributed by atoms with Crippen molar-refractivity contribution in [1.82, 2.24) is 4.40 Å². The van der Waals surface area contributed by atoms with Crippen molar-refractivity contribution in [3.63, 3.8) is 0 Å². The second kappa shape index (κ2) is 5.05. The molecule has 3 aromatic rings. The number of hydrogen-bond acceptors (Lipinski definition) is 3. The molecule has 0 fully saturated rings. The van der Waals surface area contributed by atoms with Gasteiger partial charge in [-0.05, 0) is 31.4 Å². The molecule has 0 bridgehead atoms. The Morgan fingerprint density at radius 3 is 2.67 bits per heavy atom. The van der Waals surface area contributed by atoms with E-state index in [4.69, 9.17) is 4.74 Å². The fourth-order valence-corrected chi connectivity index (χ4v) is 2.60. The molecule has 4 nitrogen and oxygen atoms in total. The molecule has 0 saturated heterocycles. The van der Waals surface area contributed by atoms with Crippen LogP contribution >= 0.6 is 0 Å². The Bertz CT molecular complexity index is 861. The van der Waals surface area contributed by atoms with Gasteiger partial charge in [0.1, 0.15) is 5.69 Å². The molecule has 0 spiro atoms. The number of carbonyl (C=O) groups excluding carboxylic acids is 2. The Labute approximate surface area is 121 Å². The van der Waals surface area contributed by atoms with Crippen LogP contribution in [0.4, 0.5) is 0 Å². The first-order chi connectivity index (χ1) is 10.1. The molecular formula is C17H15NO3. The van der Waals surface area contributed by atoms with E-state index in [1.54, 1.807) is 23.6 Å². The molecule has 0 aliphatic heterocycles. The Morgan fingerprint density at radius 2 is 1.95 bits per heavy atom. The maximum absolute atomic E-state index is 12.1. The van der Waals surface area contributed by atoms with E-state index in [1.807, 2.05) is 30.3 Å². The van der Waals surface area contributed by atoms with Gasteiger partial charge in [-0.2, -0.15) is 0 Å². The summed E-state index contributed by atoms with van der Waals surface area (Å²) in [7, 11) is 0. The lowest BCUT2D eigenvalue weighted by molar-refractivity contribution is 0.0518. The van der Waals surface area contributed by atoms with E-state index in [0.717, 1.165) is 16.3 Å². The van der Waals surface area contributed by atoms with E-state index < -0.39 is 5.97 Å². The van der Waals surface area contributed by atoms with Gasteiger partial charge in [-0.1, -0.05) is 24.3 Å². The van der Waals surface area contributed by atoms with Gasteiger partial charge in [0.05, 0.1) is 12.1 Å². The summed E-state index contributed by atoms with van der Waals surface area (Å²) in [6.45, 7) is 3.57. The van der Waals surface area contributed by atoms with Crippen molar-refractivity contribution in [2.45, 2.75) is 13.8 Å². The molecule has 1 aromatic carbocycles. The third-order valence-electron chi connectivity index (χ3n) is 3.52. The quantitative estimate of drug-likeness (QED) is 0.545. The normalized spacial score (nSPS) is 11.0. The number of nitrogens with zero attached hydrogens (tertiary/aromatic N) is 1. The Balaban J connectivity index is 2.40. The van der Waals surface area contributed by atoms with Gasteiger partial charge in [-0.25, -0.2) is 4.79 Å². The summed E-state index contributed by atoms with van der Waals surface area (Å²) in [6, 6.07) is 11.3. The largest absolute Gasteiger partial charge is 0.461 e. The van der Waals surface area contributed by atoms with Gasteiger partial charge < -0.3 is 9.14 Å². The molecule has 106 valence electrons. The van der Waals surface area contributed by atoms with Crippen molar-refractivity contribution < 1.29 is 14.3 Å². The SMILES string of the molecule is CCOC(=O)c1cc(C(C)=O)c2c3ccccc3ccn12. The minimum atomic E-state index is -0.421. The van der Waals surface area contributed by atoms with Gasteiger partial charge in [-0.15, -0.1) is 0 Å². The van der Waals surface area contributed by atoms with Gasteiger partial charge in [0, 0.05) is 17.1 Å². The van der Waals surface area contributed by atoms with E-state index in [-0.39, 0.29) is 5.78 Å². The van der Waals surface area contributed by atoms with Crippen LogP contribution in [0.15, 0.2) is 42.6 Å². The van der Waals surface area contributed by atoms with Crippen LogP contribution in [0.5, 0.6) is 0 Å². The molecule has 4 heteroatoms. The van der Waals surface area contributed by atoms with Crippen molar-refractivity contribution in [1.29, 1.82) is 0 Å². The highest BCUT2D eigenvalue weighted by Gasteiger charge is 2.19. The smallest absolute Gasteiger partial charge is 0.355 e. The molecule has 21 heavy (non-hydrogen) atoms. The molecule has 0 N–H and O–H groups in total. The Hall–Kier alpha value is -2.62. The number of Topliss-reactive ketones (excluding diaryl/α,β-unsaturated/α-hetero) is 1. The number of benzene rings is 1. The maximum atomic E-state index is 12.1. The minimum absolute atomic E-state index is 0.0700. The van der Waals surface area contributed by atoms with Crippen LogP contribution in [0.2, 0.25) is 0 Å². The van der Waals surface area contributed by atoms with Gasteiger partial charge >= 0.3 is 5.97 Å². The highest BCUT2D eigenvalue weighted by atomic mass is 16.5. The van der Waals surface area contributed by atoms with E-state index in [1.165, 1.54) is 6.92 Å². The number of hydrogen-bond donors (Lipinski definition) is 0. The lowest BCUT2D eigenvalue weighted by Gasteiger charge is -2.05. The monoisotopic (exact) mass is 281 g/mol. The van der Waals surface area contributed by atoms with E-state index in [2.05, 4.69) is 0 Å². The van der Waals surface area contributed by atoms with E-state index in [0.29, 0.717) is 17.9 Å². The number of ether oxygens (including phenoxy) is 1. The number of esters is 1. The van der Waals surface area contributed by atoms with Crippen LogP contribution in [0.1, 0.15) is 34.7 Å². The molecule has 3 rings (SSSR count). The number of rotatable bonds is 3. The summed E-state index contributed by atoms with van der Waals surface area (Å²) >= 11 is 0. The zero-order valence-electron chi connectivity index (χ0n) is 11.9. The first-order valence-electron chi connectivity index (χ1n) is 6.84. The number of aromatic nitrogens is 1. The molecule has 0 radical (unpaired) electrons. The molecule has 0 unspecified atom stereocenters. The molecular weight excluding hydrogens is 266 g/mol. The highest BCUT2D eigenvalue weighted by Crippen LogP contribution is 2.27. The Kier molecular flexibility index (Phi) is 3.22. The third kappa shape index (κ3) is 2.09. The second-order valence-electron chi connectivity index (χ2n) is 4.84. The fourth-order valence-electron chi connectivity index (χ4n) is 2.60. The highest BCUT2D eigenvalue weighted by molar-refractivity contribution is 6.12.